The third kappa shape index (κ3) is 4.44. The molecule has 0 aliphatic rings. The van der Waals surface area contributed by atoms with Crippen LogP contribution in [0.15, 0.2) is 84.8 Å². The molecule has 0 aliphatic carbocycles. The van der Waals surface area contributed by atoms with E-state index in [0.29, 0.717) is 24.5 Å². The molecule has 4 aromatic rings. The average molecular weight is 426 g/mol. The number of amides is 1. The summed E-state index contributed by atoms with van der Waals surface area (Å²) in [6.07, 6.45) is 1.68. The van der Waals surface area contributed by atoms with Crippen LogP contribution in [0.25, 0.3) is 16.4 Å². The molecule has 0 N–H and O–H groups in total. The number of nitrogens with zero attached hydrogens (tertiary/aromatic N) is 5. The highest BCUT2D eigenvalue weighted by Crippen LogP contribution is 2.26. The SMILES string of the molecule is C=CCN(Cc1ccc(C#N)cc1)C(=O)c1nc(-c2cccs2)n(-c2ccccc2)n1. The third-order valence-corrected chi connectivity index (χ3v) is 5.50. The lowest BCUT2D eigenvalue weighted by molar-refractivity contribution is 0.0750. The molecule has 31 heavy (non-hydrogen) atoms. The first kappa shape index (κ1) is 20.3. The van der Waals surface area contributed by atoms with Crippen molar-refractivity contribution >= 4 is 17.2 Å². The van der Waals surface area contributed by atoms with E-state index in [2.05, 4.69) is 22.7 Å². The van der Waals surface area contributed by atoms with Gasteiger partial charge in [0, 0.05) is 13.1 Å². The normalized spacial score (nSPS) is 10.4. The van der Waals surface area contributed by atoms with Crippen LogP contribution in [0.3, 0.4) is 0 Å². The van der Waals surface area contributed by atoms with Crippen molar-refractivity contribution in [1.29, 1.82) is 5.26 Å². The molecule has 1 amide bonds. The zero-order chi connectivity index (χ0) is 21.6. The Hall–Kier alpha value is -4.02. The van der Waals surface area contributed by atoms with Crippen molar-refractivity contribution in [3.63, 3.8) is 0 Å². The van der Waals surface area contributed by atoms with Gasteiger partial charge in [-0.25, -0.2) is 9.67 Å². The van der Waals surface area contributed by atoms with E-state index < -0.39 is 0 Å². The van der Waals surface area contributed by atoms with Gasteiger partial charge in [0.05, 0.1) is 22.2 Å². The van der Waals surface area contributed by atoms with Gasteiger partial charge in [-0.1, -0.05) is 42.5 Å². The summed E-state index contributed by atoms with van der Waals surface area (Å²) in [5.74, 6) is 0.473. The van der Waals surface area contributed by atoms with E-state index in [-0.39, 0.29) is 11.7 Å². The van der Waals surface area contributed by atoms with Crippen molar-refractivity contribution in [1.82, 2.24) is 19.7 Å². The molecule has 0 saturated heterocycles. The van der Waals surface area contributed by atoms with Crippen molar-refractivity contribution in [2.45, 2.75) is 6.54 Å². The van der Waals surface area contributed by atoms with Gasteiger partial charge in [-0.05, 0) is 41.3 Å². The summed E-state index contributed by atoms with van der Waals surface area (Å²) in [7, 11) is 0. The summed E-state index contributed by atoms with van der Waals surface area (Å²) in [6, 6.07) is 22.8. The molecule has 0 spiro atoms. The van der Waals surface area contributed by atoms with Gasteiger partial charge in [0.1, 0.15) is 0 Å². The molecule has 0 aliphatic heterocycles. The minimum atomic E-state index is -0.281. The van der Waals surface area contributed by atoms with Crippen LogP contribution >= 0.6 is 11.3 Å². The fourth-order valence-corrected chi connectivity index (χ4v) is 3.84. The number of para-hydroxylation sites is 1. The molecule has 0 atom stereocenters. The topological polar surface area (TPSA) is 74.8 Å². The number of carbonyl (C=O) groups excluding carboxylic acids is 1. The lowest BCUT2D eigenvalue weighted by atomic mass is 10.1. The molecule has 4 rings (SSSR count). The van der Waals surface area contributed by atoms with Crippen molar-refractivity contribution in [2.24, 2.45) is 0 Å². The highest BCUT2D eigenvalue weighted by molar-refractivity contribution is 7.13. The van der Waals surface area contributed by atoms with Crippen molar-refractivity contribution in [3.8, 4) is 22.5 Å². The van der Waals surface area contributed by atoms with Crippen molar-refractivity contribution in [3.05, 3.63) is 102 Å². The fourth-order valence-electron chi connectivity index (χ4n) is 3.14. The fraction of sp³-hybridized carbons (Fsp3) is 0.0833. The summed E-state index contributed by atoms with van der Waals surface area (Å²) in [5, 5.41) is 15.5. The van der Waals surface area contributed by atoms with Crippen LogP contribution in [0, 0.1) is 11.3 Å². The molecular weight excluding hydrogens is 406 g/mol. The first-order valence-corrected chi connectivity index (χ1v) is 10.5. The Labute approximate surface area is 184 Å². The third-order valence-electron chi connectivity index (χ3n) is 4.63. The molecule has 0 radical (unpaired) electrons. The second-order valence-corrected chi connectivity index (χ2v) is 7.71. The largest absolute Gasteiger partial charge is 0.328 e. The molecule has 7 heteroatoms. The van der Waals surface area contributed by atoms with Crippen LogP contribution in [-0.4, -0.2) is 32.1 Å². The van der Waals surface area contributed by atoms with Gasteiger partial charge in [-0.2, -0.15) is 5.26 Å². The van der Waals surface area contributed by atoms with Gasteiger partial charge in [0.15, 0.2) is 5.82 Å². The first-order chi connectivity index (χ1) is 15.2. The van der Waals surface area contributed by atoms with E-state index in [4.69, 9.17) is 5.26 Å². The Morgan fingerprint density at radius 2 is 1.90 bits per heavy atom. The first-order valence-electron chi connectivity index (χ1n) is 9.65. The van der Waals surface area contributed by atoms with E-state index in [1.165, 1.54) is 0 Å². The van der Waals surface area contributed by atoms with E-state index in [0.717, 1.165) is 16.1 Å². The Balaban J connectivity index is 1.68. The molecule has 6 nitrogen and oxygen atoms in total. The summed E-state index contributed by atoms with van der Waals surface area (Å²) in [6.45, 7) is 4.50. The van der Waals surface area contributed by atoms with Gasteiger partial charge in [0.2, 0.25) is 5.82 Å². The standard InChI is InChI=1S/C24H19N5OS/c1-2-14-28(17-19-12-10-18(16-25)11-13-19)24(30)22-26-23(21-9-6-15-31-21)29(27-22)20-7-4-3-5-8-20/h2-13,15H,1,14,17H2. The van der Waals surface area contributed by atoms with Crippen LogP contribution in [0.1, 0.15) is 21.7 Å². The molecule has 2 heterocycles. The Bertz CT molecular complexity index is 1220. The molecule has 0 bridgehead atoms. The lowest BCUT2D eigenvalue weighted by Gasteiger charge is -2.19. The molecule has 2 aromatic carbocycles. The predicted octanol–water partition coefficient (Wildman–Crippen LogP) is 4.70. The van der Waals surface area contributed by atoms with Crippen LogP contribution in [-0.2, 0) is 6.54 Å². The van der Waals surface area contributed by atoms with Crippen LogP contribution in [0.5, 0.6) is 0 Å². The number of benzene rings is 2. The number of hydrogen-bond donors (Lipinski definition) is 0. The zero-order valence-corrected chi connectivity index (χ0v) is 17.5. The van der Waals surface area contributed by atoms with E-state index in [1.54, 1.807) is 39.1 Å². The maximum atomic E-state index is 13.3. The number of hydrogen-bond acceptors (Lipinski definition) is 5. The van der Waals surface area contributed by atoms with E-state index in [9.17, 15) is 4.79 Å². The van der Waals surface area contributed by atoms with Crippen molar-refractivity contribution in [2.75, 3.05) is 6.54 Å². The lowest BCUT2D eigenvalue weighted by Crippen LogP contribution is -2.31. The molecule has 0 unspecified atom stereocenters. The minimum Gasteiger partial charge on any atom is -0.328 e. The highest BCUT2D eigenvalue weighted by atomic mass is 32.1. The van der Waals surface area contributed by atoms with Crippen LogP contribution in [0.2, 0.25) is 0 Å². The Morgan fingerprint density at radius 3 is 2.55 bits per heavy atom. The highest BCUT2D eigenvalue weighted by Gasteiger charge is 2.23. The summed E-state index contributed by atoms with van der Waals surface area (Å²) >= 11 is 1.54. The maximum Gasteiger partial charge on any atom is 0.294 e. The number of aromatic nitrogens is 3. The van der Waals surface area contributed by atoms with E-state index in [1.807, 2.05) is 60.0 Å². The summed E-state index contributed by atoms with van der Waals surface area (Å²) in [4.78, 5) is 20.5. The molecule has 152 valence electrons. The molecule has 2 aromatic heterocycles. The molecular formula is C24H19N5OS. The second kappa shape index (κ2) is 9.20. The van der Waals surface area contributed by atoms with Crippen LogP contribution in [0.4, 0.5) is 0 Å². The number of carbonyl (C=O) groups is 1. The number of rotatable bonds is 7. The van der Waals surface area contributed by atoms with Gasteiger partial charge in [-0.15, -0.1) is 23.0 Å². The monoisotopic (exact) mass is 425 g/mol. The molecule has 0 saturated carbocycles. The average Bonchev–Trinajstić information content (AvgIpc) is 3.49. The second-order valence-electron chi connectivity index (χ2n) is 6.77. The minimum absolute atomic E-state index is 0.128. The summed E-state index contributed by atoms with van der Waals surface area (Å²) in [5.41, 5.74) is 2.32. The van der Waals surface area contributed by atoms with Gasteiger partial charge in [0.25, 0.3) is 5.91 Å². The summed E-state index contributed by atoms with van der Waals surface area (Å²) < 4.78 is 1.70. The van der Waals surface area contributed by atoms with E-state index >= 15 is 0 Å². The Kier molecular flexibility index (Phi) is 6.01. The van der Waals surface area contributed by atoms with Crippen LogP contribution < -0.4 is 0 Å². The Morgan fingerprint density at radius 1 is 1.13 bits per heavy atom. The number of nitriles is 1. The maximum absolute atomic E-state index is 13.3. The number of thiophene rings is 1. The molecule has 0 fully saturated rings. The smallest absolute Gasteiger partial charge is 0.294 e. The zero-order valence-electron chi connectivity index (χ0n) is 16.7. The predicted molar refractivity (Wildman–Crippen MR) is 121 cm³/mol. The van der Waals surface area contributed by atoms with Crippen molar-refractivity contribution < 1.29 is 4.79 Å². The van der Waals surface area contributed by atoms with Gasteiger partial charge in [-0.3, -0.25) is 4.79 Å². The quantitative estimate of drug-likeness (QED) is 0.402. The van der Waals surface area contributed by atoms with Gasteiger partial charge < -0.3 is 4.90 Å². The van der Waals surface area contributed by atoms with Gasteiger partial charge >= 0.3 is 0 Å².